The van der Waals surface area contributed by atoms with Gasteiger partial charge in [0.25, 0.3) is 0 Å². The van der Waals surface area contributed by atoms with Gasteiger partial charge in [-0.2, -0.15) is 0 Å². The standard InChI is InChI=1S/C17H24N2O5S/c1-9(23-8-10-4-6-11(20)7-5-10)15-14(22)13(21)12-16(24-15)25-17(18-12)19(2)3/h4-7,9,12-16,20-22H,8H2,1-3H3/t9-,12+,13+,14-,15+,16+/m0/s1. The molecule has 0 radical (unpaired) electrons. The van der Waals surface area contributed by atoms with E-state index >= 15 is 0 Å². The fraction of sp³-hybridized carbons (Fsp3) is 0.588. The van der Waals surface area contributed by atoms with E-state index in [0.717, 1.165) is 10.7 Å². The first kappa shape index (κ1) is 18.5. The van der Waals surface area contributed by atoms with Crippen molar-refractivity contribution in [3.05, 3.63) is 29.8 Å². The molecule has 3 rings (SSSR count). The number of aromatic hydroxyl groups is 1. The van der Waals surface area contributed by atoms with E-state index in [4.69, 9.17) is 9.47 Å². The quantitative estimate of drug-likeness (QED) is 0.723. The SMILES string of the molecule is C[C@H](OCc1ccc(O)cc1)[C@H]1O[C@@H]2SC(N(C)C)=N[C@@H]2[C@@H](O)[C@@H]1O. The predicted molar refractivity (Wildman–Crippen MR) is 95.5 cm³/mol. The monoisotopic (exact) mass is 368 g/mol. The molecule has 0 amide bonds. The molecule has 0 aromatic heterocycles. The fourth-order valence-electron chi connectivity index (χ4n) is 2.89. The number of fused-ring (bicyclic) bond motifs is 1. The van der Waals surface area contributed by atoms with Crippen LogP contribution in [0.1, 0.15) is 12.5 Å². The van der Waals surface area contributed by atoms with Gasteiger partial charge in [0.2, 0.25) is 0 Å². The Kier molecular flexibility index (Phi) is 5.55. The second kappa shape index (κ2) is 7.51. The van der Waals surface area contributed by atoms with Crippen LogP contribution in [0.3, 0.4) is 0 Å². The van der Waals surface area contributed by atoms with Crippen LogP contribution in [0.4, 0.5) is 0 Å². The first-order valence-corrected chi connectivity index (χ1v) is 9.07. The van der Waals surface area contributed by atoms with Crippen molar-refractivity contribution >= 4 is 16.9 Å². The number of phenols is 1. The summed E-state index contributed by atoms with van der Waals surface area (Å²) >= 11 is 1.44. The third kappa shape index (κ3) is 3.93. The molecule has 1 aromatic carbocycles. The van der Waals surface area contributed by atoms with Crippen molar-refractivity contribution in [1.29, 1.82) is 0 Å². The zero-order valence-electron chi connectivity index (χ0n) is 14.4. The first-order valence-electron chi connectivity index (χ1n) is 8.19. The number of thioether (sulfide) groups is 1. The van der Waals surface area contributed by atoms with Crippen LogP contribution in [0.5, 0.6) is 5.75 Å². The molecule has 8 heteroatoms. The second-order valence-corrected chi connectivity index (χ2v) is 7.61. The summed E-state index contributed by atoms with van der Waals surface area (Å²) in [5.41, 5.74) is 0.572. The zero-order valence-corrected chi connectivity index (χ0v) is 15.3. The smallest absolute Gasteiger partial charge is 0.161 e. The number of amidine groups is 1. The van der Waals surface area contributed by atoms with Crippen LogP contribution in [0.25, 0.3) is 0 Å². The number of benzene rings is 1. The minimum absolute atomic E-state index is 0.201. The van der Waals surface area contributed by atoms with Crippen molar-refractivity contribution in [2.45, 2.75) is 49.4 Å². The van der Waals surface area contributed by atoms with Gasteiger partial charge in [0.15, 0.2) is 5.17 Å². The van der Waals surface area contributed by atoms with E-state index < -0.39 is 30.5 Å². The third-order valence-electron chi connectivity index (χ3n) is 4.38. The Hall–Kier alpha value is -1.32. The average molecular weight is 368 g/mol. The molecule has 3 N–H and O–H groups in total. The molecule has 1 aromatic rings. The van der Waals surface area contributed by atoms with E-state index in [1.165, 1.54) is 11.8 Å². The predicted octanol–water partition coefficient (Wildman–Crippen LogP) is 0.777. The highest BCUT2D eigenvalue weighted by atomic mass is 32.2. The van der Waals surface area contributed by atoms with E-state index in [1.807, 2.05) is 25.9 Å². The largest absolute Gasteiger partial charge is 0.508 e. The molecular weight excluding hydrogens is 344 g/mol. The lowest BCUT2D eigenvalue weighted by atomic mass is 9.95. The summed E-state index contributed by atoms with van der Waals surface area (Å²) in [6, 6.07) is 6.26. The summed E-state index contributed by atoms with van der Waals surface area (Å²) in [7, 11) is 3.76. The number of aliphatic hydroxyl groups excluding tert-OH is 2. The normalized spacial score (nSPS) is 32.8. The number of ether oxygens (including phenoxy) is 2. The molecule has 0 bridgehead atoms. The van der Waals surface area contributed by atoms with Crippen LogP contribution in [0.15, 0.2) is 29.3 Å². The van der Waals surface area contributed by atoms with Gasteiger partial charge < -0.3 is 29.7 Å². The maximum absolute atomic E-state index is 10.4. The van der Waals surface area contributed by atoms with Crippen molar-refractivity contribution in [3.63, 3.8) is 0 Å². The lowest BCUT2D eigenvalue weighted by Crippen LogP contribution is -2.58. The number of rotatable bonds is 4. The Bertz CT molecular complexity index is 624. The highest BCUT2D eigenvalue weighted by Crippen LogP contribution is 2.38. The molecule has 2 aliphatic rings. The molecule has 0 aliphatic carbocycles. The van der Waals surface area contributed by atoms with E-state index in [2.05, 4.69) is 4.99 Å². The Labute approximate surface area is 151 Å². The number of hydrogen-bond donors (Lipinski definition) is 3. The van der Waals surface area contributed by atoms with Crippen molar-refractivity contribution in [2.24, 2.45) is 4.99 Å². The lowest BCUT2D eigenvalue weighted by molar-refractivity contribution is -0.193. The topological polar surface area (TPSA) is 94.8 Å². The molecule has 1 saturated heterocycles. The summed E-state index contributed by atoms with van der Waals surface area (Å²) < 4.78 is 11.8. The zero-order chi connectivity index (χ0) is 18.1. The summed E-state index contributed by atoms with van der Waals surface area (Å²) in [4.78, 5) is 6.31. The summed E-state index contributed by atoms with van der Waals surface area (Å²) in [5.74, 6) is 0.201. The van der Waals surface area contributed by atoms with Gasteiger partial charge >= 0.3 is 0 Å². The number of aliphatic hydroxyl groups is 2. The van der Waals surface area contributed by atoms with Gasteiger partial charge in [-0.05, 0) is 24.6 Å². The molecule has 0 spiro atoms. The molecule has 2 heterocycles. The fourth-order valence-corrected chi connectivity index (χ4v) is 4.04. The molecule has 138 valence electrons. The van der Waals surface area contributed by atoms with Gasteiger partial charge in [-0.15, -0.1) is 0 Å². The van der Waals surface area contributed by atoms with E-state index in [9.17, 15) is 15.3 Å². The second-order valence-electron chi connectivity index (χ2n) is 6.55. The van der Waals surface area contributed by atoms with Crippen LogP contribution in [-0.2, 0) is 16.1 Å². The Morgan fingerprint density at radius 2 is 1.92 bits per heavy atom. The average Bonchev–Trinajstić information content (AvgIpc) is 3.02. The number of phenolic OH excluding ortho intramolecular Hbond substituents is 1. The van der Waals surface area contributed by atoms with Crippen LogP contribution in [-0.4, -0.2) is 75.4 Å². The molecule has 0 saturated carbocycles. The molecule has 2 aliphatic heterocycles. The highest BCUT2D eigenvalue weighted by molar-refractivity contribution is 8.14. The molecule has 0 unspecified atom stereocenters. The van der Waals surface area contributed by atoms with E-state index in [0.29, 0.717) is 6.61 Å². The van der Waals surface area contributed by atoms with Crippen LogP contribution >= 0.6 is 11.8 Å². The third-order valence-corrected chi connectivity index (χ3v) is 5.69. The molecule has 1 fully saturated rings. The minimum Gasteiger partial charge on any atom is -0.508 e. The summed E-state index contributed by atoms with van der Waals surface area (Å²) in [6.45, 7) is 2.14. The van der Waals surface area contributed by atoms with Crippen LogP contribution in [0.2, 0.25) is 0 Å². The Balaban J connectivity index is 1.62. The van der Waals surface area contributed by atoms with Gasteiger partial charge in [0.05, 0.1) is 12.7 Å². The Morgan fingerprint density at radius 3 is 2.56 bits per heavy atom. The maximum atomic E-state index is 10.4. The molecule has 7 nitrogen and oxygen atoms in total. The number of aliphatic imine (C=N–C) groups is 1. The molecular formula is C17H24N2O5S. The van der Waals surface area contributed by atoms with Gasteiger partial charge in [0, 0.05) is 14.1 Å². The van der Waals surface area contributed by atoms with Gasteiger partial charge in [0.1, 0.15) is 35.5 Å². The first-order chi connectivity index (χ1) is 11.9. The summed E-state index contributed by atoms with van der Waals surface area (Å²) in [6.07, 6.45) is -3.11. The van der Waals surface area contributed by atoms with E-state index in [1.54, 1.807) is 24.3 Å². The summed E-state index contributed by atoms with van der Waals surface area (Å²) in [5, 5.41) is 31.0. The van der Waals surface area contributed by atoms with Crippen molar-refractivity contribution in [3.8, 4) is 5.75 Å². The van der Waals surface area contributed by atoms with Gasteiger partial charge in [-0.25, -0.2) is 0 Å². The lowest BCUT2D eigenvalue weighted by Gasteiger charge is -2.40. The van der Waals surface area contributed by atoms with Gasteiger partial charge in [-0.1, -0.05) is 23.9 Å². The van der Waals surface area contributed by atoms with Crippen molar-refractivity contribution in [2.75, 3.05) is 14.1 Å². The maximum Gasteiger partial charge on any atom is 0.161 e. The van der Waals surface area contributed by atoms with Crippen LogP contribution in [0, 0.1) is 0 Å². The Morgan fingerprint density at radius 1 is 1.24 bits per heavy atom. The van der Waals surface area contributed by atoms with E-state index in [-0.39, 0.29) is 11.2 Å². The molecule has 25 heavy (non-hydrogen) atoms. The van der Waals surface area contributed by atoms with Crippen LogP contribution < -0.4 is 0 Å². The number of hydrogen-bond acceptors (Lipinski definition) is 8. The number of nitrogens with zero attached hydrogens (tertiary/aromatic N) is 2. The van der Waals surface area contributed by atoms with Crippen molar-refractivity contribution < 1.29 is 24.8 Å². The van der Waals surface area contributed by atoms with Crippen molar-refractivity contribution in [1.82, 2.24) is 4.90 Å². The van der Waals surface area contributed by atoms with Gasteiger partial charge in [-0.3, -0.25) is 4.99 Å². The highest BCUT2D eigenvalue weighted by Gasteiger charge is 2.50. The molecule has 6 atom stereocenters. The minimum atomic E-state index is -1.07.